The smallest absolute Gasteiger partial charge is 0.330 e. The number of methoxy groups -OCH3 is 2. The number of fused-ring (bicyclic) bond motifs is 1. The Morgan fingerprint density at radius 2 is 2.00 bits per heavy atom. The predicted octanol–water partition coefficient (Wildman–Crippen LogP) is 3.03. The summed E-state index contributed by atoms with van der Waals surface area (Å²) in [7, 11) is 3.00. The monoisotopic (exact) mass is 242 g/mol. The van der Waals surface area contributed by atoms with E-state index in [-0.39, 0.29) is 5.97 Å². The minimum absolute atomic E-state index is 0.361. The van der Waals surface area contributed by atoms with Gasteiger partial charge in [0.1, 0.15) is 5.75 Å². The third-order valence-electron chi connectivity index (χ3n) is 2.72. The van der Waals surface area contributed by atoms with Crippen LogP contribution < -0.4 is 4.74 Å². The zero-order valence-electron chi connectivity index (χ0n) is 10.3. The van der Waals surface area contributed by atoms with Crippen molar-refractivity contribution in [2.24, 2.45) is 0 Å². The molecule has 2 rings (SSSR count). The van der Waals surface area contributed by atoms with Crippen LogP contribution in [0.2, 0.25) is 0 Å². The molecule has 0 atom stereocenters. The lowest BCUT2D eigenvalue weighted by atomic mass is 10.0. The summed E-state index contributed by atoms with van der Waals surface area (Å²) in [6.45, 7) is 0. The first-order chi connectivity index (χ1) is 8.74. The van der Waals surface area contributed by atoms with Crippen LogP contribution in [-0.2, 0) is 9.53 Å². The Kier molecular flexibility index (Phi) is 3.63. The number of carbonyl (C=O) groups excluding carboxylic acids is 1. The number of rotatable bonds is 3. The molecule has 0 aromatic heterocycles. The first kappa shape index (κ1) is 12.2. The van der Waals surface area contributed by atoms with Crippen molar-refractivity contribution in [3.05, 3.63) is 48.0 Å². The first-order valence-electron chi connectivity index (χ1n) is 5.57. The van der Waals surface area contributed by atoms with Gasteiger partial charge in [0.2, 0.25) is 0 Å². The maximum absolute atomic E-state index is 11.1. The van der Waals surface area contributed by atoms with E-state index in [4.69, 9.17) is 4.74 Å². The lowest BCUT2D eigenvalue weighted by Crippen LogP contribution is -1.93. The van der Waals surface area contributed by atoms with E-state index >= 15 is 0 Å². The Morgan fingerprint density at radius 3 is 2.72 bits per heavy atom. The third-order valence-corrected chi connectivity index (χ3v) is 2.72. The van der Waals surface area contributed by atoms with Crippen molar-refractivity contribution in [3.63, 3.8) is 0 Å². The number of hydrogen-bond acceptors (Lipinski definition) is 3. The van der Waals surface area contributed by atoms with Crippen LogP contribution in [0.4, 0.5) is 0 Å². The summed E-state index contributed by atoms with van der Waals surface area (Å²) < 4.78 is 9.76. The van der Waals surface area contributed by atoms with Gasteiger partial charge in [0.05, 0.1) is 14.2 Å². The van der Waals surface area contributed by atoms with E-state index in [2.05, 4.69) is 4.74 Å². The van der Waals surface area contributed by atoms with Crippen molar-refractivity contribution < 1.29 is 14.3 Å². The molecule has 0 aliphatic rings. The number of benzene rings is 2. The van der Waals surface area contributed by atoms with Crippen LogP contribution in [0.5, 0.6) is 5.75 Å². The largest absolute Gasteiger partial charge is 0.497 e. The molecule has 0 aliphatic heterocycles. The third kappa shape index (κ3) is 2.51. The first-order valence-corrected chi connectivity index (χ1v) is 5.57. The normalized spacial score (nSPS) is 10.8. The molecule has 0 bridgehead atoms. The van der Waals surface area contributed by atoms with Crippen LogP contribution >= 0.6 is 0 Å². The zero-order chi connectivity index (χ0) is 13.0. The van der Waals surface area contributed by atoms with Gasteiger partial charge in [-0.1, -0.05) is 24.3 Å². The lowest BCUT2D eigenvalue weighted by molar-refractivity contribution is -0.134. The Hall–Kier alpha value is -2.29. The molecule has 0 saturated carbocycles. The summed E-state index contributed by atoms with van der Waals surface area (Å²) in [5.41, 5.74) is 0.973. The molecule has 18 heavy (non-hydrogen) atoms. The lowest BCUT2D eigenvalue weighted by Gasteiger charge is -2.05. The summed E-state index contributed by atoms with van der Waals surface area (Å²) in [4.78, 5) is 11.1. The van der Waals surface area contributed by atoms with E-state index in [0.29, 0.717) is 0 Å². The predicted molar refractivity (Wildman–Crippen MR) is 71.6 cm³/mol. The van der Waals surface area contributed by atoms with Crippen molar-refractivity contribution in [2.75, 3.05) is 14.2 Å². The van der Waals surface area contributed by atoms with Gasteiger partial charge in [-0.25, -0.2) is 4.79 Å². The number of esters is 1. The average molecular weight is 242 g/mol. The molecule has 0 spiro atoms. The Balaban J connectivity index is 2.45. The molecule has 0 aliphatic carbocycles. The highest BCUT2D eigenvalue weighted by Gasteiger charge is 2.00. The van der Waals surface area contributed by atoms with Gasteiger partial charge in [0.15, 0.2) is 0 Å². The van der Waals surface area contributed by atoms with Crippen molar-refractivity contribution >= 4 is 22.8 Å². The van der Waals surface area contributed by atoms with Gasteiger partial charge in [-0.15, -0.1) is 0 Å². The second kappa shape index (κ2) is 5.36. The van der Waals surface area contributed by atoms with E-state index in [9.17, 15) is 4.79 Å². The minimum Gasteiger partial charge on any atom is -0.497 e. The van der Waals surface area contributed by atoms with Crippen LogP contribution in [0.3, 0.4) is 0 Å². The quantitative estimate of drug-likeness (QED) is 0.613. The summed E-state index contributed by atoms with van der Waals surface area (Å²) in [5, 5.41) is 2.14. The van der Waals surface area contributed by atoms with Crippen molar-refractivity contribution in [1.82, 2.24) is 0 Å². The van der Waals surface area contributed by atoms with E-state index < -0.39 is 0 Å². The summed E-state index contributed by atoms with van der Waals surface area (Å²) in [6.07, 6.45) is 3.17. The topological polar surface area (TPSA) is 35.5 Å². The standard InChI is InChI=1S/C15H14O3/c1-17-13-7-8-14-11(6-9-15(16)18-2)4-3-5-12(14)10-13/h3-10H,1-2H3. The highest BCUT2D eigenvalue weighted by molar-refractivity contribution is 5.95. The molecule has 3 heteroatoms. The van der Waals surface area contributed by atoms with Gasteiger partial charge in [0.25, 0.3) is 0 Å². The molecule has 0 amide bonds. The summed E-state index contributed by atoms with van der Waals surface area (Å²) in [6, 6.07) is 11.7. The molecule has 0 heterocycles. The fourth-order valence-electron chi connectivity index (χ4n) is 1.78. The number of ether oxygens (including phenoxy) is 2. The zero-order valence-corrected chi connectivity index (χ0v) is 10.3. The number of hydrogen-bond donors (Lipinski definition) is 0. The van der Waals surface area contributed by atoms with Crippen LogP contribution in [0.15, 0.2) is 42.5 Å². The molecule has 0 radical (unpaired) electrons. The van der Waals surface area contributed by atoms with Crippen LogP contribution in [0, 0.1) is 0 Å². The second-order valence-corrected chi connectivity index (χ2v) is 3.79. The molecule has 0 N–H and O–H groups in total. The molecule has 0 unspecified atom stereocenters. The van der Waals surface area contributed by atoms with E-state index in [1.165, 1.54) is 13.2 Å². The van der Waals surface area contributed by atoms with Crippen molar-refractivity contribution in [3.8, 4) is 5.75 Å². The Bertz CT molecular complexity index is 600. The van der Waals surface area contributed by atoms with Gasteiger partial charge < -0.3 is 9.47 Å². The van der Waals surface area contributed by atoms with Gasteiger partial charge >= 0.3 is 5.97 Å². The maximum atomic E-state index is 11.1. The fraction of sp³-hybridized carbons (Fsp3) is 0.133. The Labute approximate surface area is 106 Å². The maximum Gasteiger partial charge on any atom is 0.330 e. The van der Waals surface area contributed by atoms with Crippen LogP contribution in [-0.4, -0.2) is 20.2 Å². The SMILES string of the molecule is COC(=O)C=Cc1cccc2cc(OC)ccc12. The summed E-state index contributed by atoms with van der Waals surface area (Å²) >= 11 is 0. The van der Waals surface area contributed by atoms with Crippen LogP contribution in [0.25, 0.3) is 16.8 Å². The molecule has 2 aromatic carbocycles. The van der Waals surface area contributed by atoms with Gasteiger partial charge in [0, 0.05) is 6.08 Å². The molecular formula is C15H14O3. The Morgan fingerprint density at radius 1 is 1.17 bits per heavy atom. The highest BCUT2D eigenvalue weighted by atomic mass is 16.5. The molecule has 3 nitrogen and oxygen atoms in total. The molecular weight excluding hydrogens is 228 g/mol. The van der Waals surface area contributed by atoms with Gasteiger partial charge in [-0.3, -0.25) is 0 Å². The fourth-order valence-corrected chi connectivity index (χ4v) is 1.78. The molecule has 0 saturated heterocycles. The molecule has 2 aromatic rings. The molecule has 0 fully saturated rings. The number of carbonyl (C=O) groups is 1. The van der Waals surface area contributed by atoms with Crippen molar-refractivity contribution in [1.29, 1.82) is 0 Å². The van der Waals surface area contributed by atoms with Crippen LogP contribution in [0.1, 0.15) is 5.56 Å². The van der Waals surface area contributed by atoms with Crippen molar-refractivity contribution in [2.45, 2.75) is 0 Å². The minimum atomic E-state index is -0.361. The van der Waals surface area contributed by atoms with E-state index in [1.807, 2.05) is 36.4 Å². The molecule has 92 valence electrons. The second-order valence-electron chi connectivity index (χ2n) is 3.79. The van der Waals surface area contributed by atoms with E-state index in [1.54, 1.807) is 13.2 Å². The highest BCUT2D eigenvalue weighted by Crippen LogP contribution is 2.24. The summed E-state index contributed by atoms with van der Waals surface area (Å²) in [5.74, 6) is 0.456. The van der Waals surface area contributed by atoms with E-state index in [0.717, 1.165) is 22.1 Å². The van der Waals surface area contributed by atoms with Gasteiger partial charge in [-0.05, 0) is 34.5 Å². The average Bonchev–Trinajstić information content (AvgIpc) is 2.43. The van der Waals surface area contributed by atoms with Gasteiger partial charge in [-0.2, -0.15) is 0 Å².